The van der Waals surface area contributed by atoms with E-state index in [-0.39, 0.29) is 5.91 Å². The highest BCUT2D eigenvalue weighted by Gasteiger charge is 2.09. The van der Waals surface area contributed by atoms with Crippen LogP contribution in [-0.2, 0) is 0 Å². The van der Waals surface area contributed by atoms with Gasteiger partial charge in [-0.15, -0.1) is 0 Å². The summed E-state index contributed by atoms with van der Waals surface area (Å²) in [5.74, 6) is -0.223. The van der Waals surface area contributed by atoms with Crippen LogP contribution in [0.3, 0.4) is 0 Å². The molecule has 0 spiro atoms. The molecule has 0 saturated heterocycles. The van der Waals surface area contributed by atoms with E-state index < -0.39 is 0 Å². The van der Waals surface area contributed by atoms with Crippen molar-refractivity contribution in [1.29, 1.82) is 0 Å². The summed E-state index contributed by atoms with van der Waals surface area (Å²) in [5.41, 5.74) is 9.46. The Kier molecular flexibility index (Phi) is 3.76. The van der Waals surface area contributed by atoms with Crippen molar-refractivity contribution in [3.8, 4) is 0 Å². The number of nitrogens with two attached hydrogens (primary N) is 1. The molecule has 0 fully saturated rings. The van der Waals surface area contributed by atoms with E-state index in [1.54, 1.807) is 18.2 Å². The van der Waals surface area contributed by atoms with Gasteiger partial charge in [-0.1, -0.05) is 23.7 Å². The Morgan fingerprint density at radius 3 is 2.58 bits per heavy atom. The molecular weight excluding hydrogens is 260 g/mol. The van der Waals surface area contributed by atoms with Gasteiger partial charge in [0.1, 0.15) is 0 Å². The number of hydrogen-bond acceptors (Lipinski definition) is 2. The number of nitrogens with one attached hydrogen (secondary N) is 1. The normalized spacial score (nSPS) is 10.3. The zero-order valence-electron chi connectivity index (χ0n) is 10.8. The lowest BCUT2D eigenvalue weighted by molar-refractivity contribution is 0.102. The molecule has 4 heteroatoms. The molecule has 0 unspecified atom stereocenters. The second kappa shape index (κ2) is 5.33. The third-order valence-corrected chi connectivity index (χ3v) is 3.30. The van der Waals surface area contributed by atoms with Gasteiger partial charge in [0.05, 0.1) is 11.4 Å². The van der Waals surface area contributed by atoms with Crippen molar-refractivity contribution in [2.75, 3.05) is 11.1 Å². The average Bonchev–Trinajstić information content (AvgIpc) is 2.37. The van der Waals surface area contributed by atoms with Gasteiger partial charge >= 0.3 is 0 Å². The number of halogens is 1. The van der Waals surface area contributed by atoms with Gasteiger partial charge in [-0.05, 0) is 49.2 Å². The number of carbonyl (C=O) groups is 1. The second-order valence-corrected chi connectivity index (χ2v) is 4.92. The number of hydrogen-bond donors (Lipinski definition) is 2. The highest BCUT2D eigenvalue weighted by atomic mass is 35.5. The molecule has 0 atom stereocenters. The lowest BCUT2D eigenvalue weighted by Gasteiger charge is -2.09. The number of rotatable bonds is 2. The highest BCUT2D eigenvalue weighted by Crippen LogP contribution is 2.22. The van der Waals surface area contributed by atoms with Crippen LogP contribution in [0.5, 0.6) is 0 Å². The largest absolute Gasteiger partial charge is 0.397 e. The van der Waals surface area contributed by atoms with E-state index in [0.717, 1.165) is 11.1 Å². The van der Waals surface area contributed by atoms with Crippen molar-refractivity contribution in [3.05, 3.63) is 58.1 Å². The van der Waals surface area contributed by atoms with Crippen molar-refractivity contribution in [2.24, 2.45) is 0 Å². The van der Waals surface area contributed by atoms with E-state index in [0.29, 0.717) is 22.0 Å². The molecule has 0 heterocycles. The van der Waals surface area contributed by atoms with Crippen LogP contribution in [0.1, 0.15) is 21.5 Å². The van der Waals surface area contributed by atoms with Crippen LogP contribution in [-0.4, -0.2) is 5.91 Å². The molecule has 0 radical (unpaired) electrons. The highest BCUT2D eigenvalue weighted by molar-refractivity contribution is 6.31. The molecule has 0 aliphatic rings. The van der Waals surface area contributed by atoms with Crippen LogP contribution >= 0.6 is 11.6 Å². The Bertz CT molecular complexity index is 638. The zero-order valence-corrected chi connectivity index (χ0v) is 11.6. The van der Waals surface area contributed by atoms with Crippen LogP contribution in [0, 0.1) is 13.8 Å². The Balaban J connectivity index is 2.25. The molecule has 0 aliphatic heterocycles. The van der Waals surface area contributed by atoms with E-state index >= 15 is 0 Å². The van der Waals surface area contributed by atoms with Crippen molar-refractivity contribution in [1.82, 2.24) is 0 Å². The van der Waals surface area contributed by atoms with Crippen LogP contribution in [0.25, 0.3) is 0 Å². The molecular formula is C15H15ClN2O. The molecule has 0 aromatic heterocycles. The number of benzene rings is 2. The number of nitrogen functional groups attached to an aromatic ring is 1. The average molecular weight is 275 g/mol. The molecule has 19 heavy (non-hydrogen) atoms. The fourth-order valence-electron chi connectivity index (χ4n) is 1.71. The number of aryl methyl sites for hydroxylation is 2. The lowest BCUT2D eigenvalue weighted by atomic mass is 10.1. The van der Waals surface area contributed by atoms with Gasteiger partial charge in [0, 0.05) is 10.6 Å². The number of amides is 1. The molecule has 3 N–H and O–H groups in total. The summed E-state index contributed by atoms with van der Waals surface area (Å²) in [5, 5.41) is 3.37. The lowest BCUT2D eigenvalue weighted by Crippen LogP contribution is -2.13. The monoisotopic (exact) mass is 274 g/mol. The minimum atomic E-state index is -0.223. The molecule has 2 rings (SSSR count). The third-order valence-electron chi connectivity index (χ3n) is 2.89. The first-order chi connectivity index (χ1) is 8.97. The van der Waals surface area contributed by atoms with Gasteiger partial charge in [0.15, 0.2) is 0 Å². The zero-order chi connectivity index (χ0) is 14.0. The molecule has 0 bridgehead atoms. The van der Waals surface area contributed by atoms with Crippen LogP contribution in [0.4, 0.5) is 11.4 Å². The van der Waals surface area contributed by atoms with Crippen molar-refractivity contribution in [2.45, 2.75) is 13.8 Å². The Morgan fingerprint density at radius 1 is 1.16 bits per heavy atom. The van der Waals surface area contributed by atoms with Gasteiger partial charge in [-0.3, -0.25) is 4.79 Å². The number of carbonyl (C=O) groups excluding carboxylic acids is 1. The maximum absolute atomic E-state index is 12.1. The van der Waals surface area contributed by atoms with Crippen LogP contribution < -0.4 is 11.1 Å². The smallest absolute Gasteiger partial charge is 0.255 e. The SMILES string of the molecule is Cc1ccc(N)c(NC(=O)c2ccc(C)c(Cl)c2)c1. The summed E-state index contributed by atoms with van der Waals surface area (Å²) in [7, 11) is 0. The van der Waals surface area contributed by atoms with E-state index in [2.05, 4.69) is 5.32 Å². The maximum atomic E-state index is 12.1. The van der Waals surface area contributed by atoms with Crippen molar-refractivity contribution in [3.63, 3.8) is 0 Å². The van der Waals surface area contributed by atoms with E-state index in [1.807, 2.05) is 32.0 Å². The first kappa shape index (κ1) is 13.4. The summed E-state index contributed by atoms with van der Waals surface area (Å²) in [6.07, 6.45) is 0. The third kappa shape index (κ3) is 3.06. The van der Waals surface area contributed by atoms with Crippen molar-refractivity contribution >= 4 is 28.9 Å². The summed E-state index contributed by atoms with van der Waals surface area (Å²) < 4.78 is 0. The predicted octanol–water partition coefficient (Wildman–Crippen LogP) is 3.79. The van der Waals surface area contributed by atoms with Gasteiger partial charge in [-0.2, -0.15) is 0 Å². The Hall–Kier alpha value is -2.00. The fraction of sp³-hybridized carbons (Fsp3) is 0.133. The van der Waals surface area contributed by atoms with Gasteiger partial charge in [0.25, 0.3) is 5.91 Å². The van der Waals surface area contributed by atoms with E-state index in [9.17, 15) is 4.79 Å². The van der Waals surface area contributed by atoms with Gasteiger partial charge in [-0.25, -0.2) is 0 Å². The molecule has 1 amide bonds. The second-order valence-electron chi connectivity index (χ2n) is 4.51. The Morgan fingerprint density at radius 2 is 1.89 bits per heavy atom. The summed E-state index contributed by atoms with van der Waals surface area (Å²) in [6.45, 7) is 3.83. The fourth-order valence-corrected chi connectivity index (χ4v) is 1.89. The molecule has 2 aromatic rings. The predicted molar refractivity (Wildman–Crippen MR) is 79.7 cm³/mol. The minimum Gasteiger partial charge on any atom is -0.397 e. The molecule has 0 aliphatic carbocycles. The minimum absolute atomic E-state index is 0.223. The summed E-state index contributed by atoms with van der Waals surface area (Å²) in [6, 6.07) is 10.7. The van der Waals surface area contributed by atoms with Gasteiger partial charge < -0.3 is 11.1 Å². The van der Waals surface area contributed by atoms with Crippen LogP contribution in [0.2, 0.25) is 5.02 Å². The quantitative estimate of drug-likeness (QED) is 0.819. The first-order valence-electron chi connectivity index (χ1n) is 5.91. The van der Waals surface area contributed by atoms with E-state index in [1.165, 1.54) is 0 Å². The molecule has 2 aromatic carbocycles. The molecule has 3 nitrogen and oxygen atoms in total. The van der Waals surface area contributed by atoms with Crippen molar-refractivity contribution < 1.29 is 4.79 Å². The first-order valence-corrected chi connectivity index (χ1v) is 6.29. The Labute approximate surface area is 117 Å². The standard InChI is InChI=1S/C15H15ClN2O/c1-9-3-6-13(17)14(7-9)18-15(19)11-5-4-10(2)12(16)8-11/h3-8H,17H2,1-2H3,(H,18,19). The van der Waals surface area contributed by atoms with Gasteiger partial charge in [0.2, 0.25) is 0 Å². The topological polar surface area (TPSA) is 55.1 Å². The number of anilines is 2. The summed E-state index contributed by atoms with van der Waals surface area (Å²) in [4.78, 5) is 12.1. The maximum Gasteiger partial charge on any atom is 0.255 e. The van der Waals surface area contributed by atoms with Crippen LogP contribution in [0.15, 0.2) is 36.4 Å². The van der Waals surface area contributed by atoms with E-state index in [4.69, 9.17) is 17.3 Å². The summed E-state index contributed by atoms with van der Waals surface area (Å²) >= 11 is 6.01. The molecule has 0 saturated carbocycles. The molecule has 98 valence electrons.